The average Bonchev–Trinajstić information content (AvgIpc) is 2.53. The topological polar surface area (TPSA) is 29.5 Å². The van der Waals surface area contributed by atoms with Gasteiger partial charge in [0.25, 0.3) is 0 Å². The van der Waals surface area contributed by atoms with E-state index in [9.17, 15) is 4.79 Å². The van der Waals surface area contributed by atoms with Crippen LogP contribution < -0.4 is 0 Å². The van der Waals surface area contributed by atoms with E-state index in [-0.39, 0.29) is 0 Å². The van der Waals surface area contributed by atoms with E-state index in [1.54, 1.807) is 6.92 Å². The smallest absolute Gasteiger partial charge is 0.335 e. The number of hydrogen-bond donors (Lipinski definition) is 0. The lowest BCUT2D eigenvalue weighted by Crippen LogP contribution is -2.46. The van der Waals surface area contributed by atoms with Gasteiger partial charge in [-0.05, 0) is 21.0 Å². The molecule has 0 saturated heterocycles. The van der Waals surface area contributed by atoms with Gasteiger partial charge >= 0.3 is 5.97 Å². The van der Waals surface area contributed by atoms with E-state index in [1.165, 1.54) is 0 Å². The predicted octanol–water partition coefficient (Wildman–Crippen LogP) is 3.57. The number of ether oxygens (including phenoxy) is 1. The maximum atomic E-state index is 12.3. The molecule has 0 heterocycles. The quantitative estimate of drug-likeness (QED) is 0.480. The van der Waals surface area contributed by atoms with Crippen LogP contribution in [0, 0.1) is 0 Å². The van der Waals surface area contributed by atoms with Crippen LogP contribution in [-0.4, -0.2) is 25.0 Å². The molecule has 0 atom stereocenters. The Balaban J connectivity index is 2.65. The first-order valence-electron chi connectivity index (χ1n) is 7.16. The summed E-state index contributed by atoms with van der Waals surface area (Å²) < 4.78 is 5.92. The Morgan fingerprint density at radius 1 is 0.955 bits per heavy atom. The highest BCUT2D eigenvalue weighted by Crippen LogP contribution is 2.36. The van der Waals surface area contributed by atoms with Crippen LogP contribution in [0.15, 0.2) is 72.8 Å². The summed E-state index contributed by atoms with van der Waals surface area (Å²) in [6.07, 6.45) is 0. The van der Waals surface area contributed by atoms with Crippen molar-refractivity contribution in [2.75, 3.05) is 14.1 Å². The summed E-state index contributed by atoms with van der Waals surface area (Å²) in [6.45, 7) is 5.34. The fraction of sp³-hybridized carbons (Fsp3) is 0.211. The number of esters is 1. The van der Waals surface area contributed by atoms with Gasteiger partial charge < -0.3 is 4.74 Å². The van der Waals surface area contributed by atoms with Crippen LogP contribution >= 0.6 is 0 Å². The minimum absolute atomic E-state index is 0.373. The monoisotopic (exact) mass is 295 g/mol. The molecule has 0 aliphatic carbocycles. The van der Waals surface area contributed by atoms with Gasteiger partial charge in [-0.15, -0.1) is 0 Å². The second-order valence-corrected chi connectivity index (χ2v) is 5.44. The van der Waals surface area contributed by atoms with Gasteiger partial charge in [0.15, 0.2) is 0 Å². The summed E-state index contributed by atoms with van der Waals surface area (Å²) in [4.78, 5) is 14.2. The van der Waals surface area contributed by atoms with Gasteiger partial charge in [0.1, 0.15) is 0 Å². The highest BCUT2D eigenvalue weighted by Gasteiger charge is 2.41. The van der Waals surface area contributed by atoms with Crippen molar-refractivity contribution >= 4 is 5.97 Å². The number of carbonyl (C=O) groups excluding carboxylic acids is 1. The molecule has 114 valence electrons. The van der Waals surface area contributed by atoms with Crippen molar-refractivity contribution in [2.45, 2.75) is 12.6 Å². The molecule has 0 bridgehead atoms. The molecule has 0 amide bonds. The Kier molecular flexibility index (Phi) is 4.78. The fourth-order valence-corrected chi connectivity index (χ4v) is 2.44. The largest absolute Gasteiger partial charge is 0.432 e. The highest BCUT2D eigenvalue weighted by atomic mass is 16.6. The van der Waals surface area contributed by atoms with Crippen molar-refractivity contribution in [1.29, 1.82) is 0 Å². The minimum Gasteiger partial charge on any atom is -0.432 e. The third kappa shape index (κ3) is 2.95. The first-order chi connectivity index (χ1) is 10.5. The maximum Gasteiger partial charge on any atom is 0.335 e. The van der Waals surface area contributed by atoms with Crippen LogP contribution in [0.5, 0.6) is 0 Å². The van der Waals surface area contributed by atoms with Crippen molar-refractivity contribution in [1.82, 2.24) is 4.90 Å². The van der Waals surface area contributed by atoms with Crippen LogP contribution in [-0.2, 0) is 15.3 Å². The molecule has 2 aromatic rings. The summed E-state index contributed by atoms with van der Waals surface area (Å²) >= 11 is 0. The van der Waals surface area contributed by atoms with E-state index in [1.807, 2.05) is 79.7 Å². The van der Waals surface area contributed by atoms with Gasteiger partial charge in [0.05, 0.1) is 0 Å². The lowest BCUT2D eigenvalue weighted by Gasteiger charge is -2.40. The summed E-state index contributed by atoms with van der Waals surface area (Å²) in [5.74, 6) is -0.415. The van der Waals surface area contributed by atoms with E-state index in [0.29, 0.717) is 5.57 Å². The Labute approximate surface area is 131 Å². The van der Waals surface area contributed by atoms with Crippen molar-refractivity contribution in [3.63, 3.8) is 0 Å². The zero-order valence-corrected chi connectivity index (χ0v) is 13.2. The van der Waals surface area contributed by atoms with Crippen LogP contribution in [0.3, 0.4) is 0 Å². The number of nitrogens with zero attached hydrogens (tertiary/aromatic N) is 1. The molecule has 3 heteroatoms. The molecular weight excluding hydrogens is 274 g/mol. The zero-order chi connectivity index (χ0) is 16.2. The second-order valence-electron chi connectivity index (χ2n) is 5.44. The molecule has 0 aromatic heterocycles. The summed E-state index contributed by atoms with van der Waals surface area (Å²) in [6, 6.07) is 19.5. The minimum atomic E-state index is -0.988. The van der Waals surface area contributed by atoms with E-state index < -0.39 is 11.7 Å². The van der Waals surface area contributed by atoms with Crippen LogP contribution in [0.4, 0.5) is 0 Å². The second kappa shape index (κ2) is 6.58. The van der Waals surface area contributed by atoms with Crippen molar-refractivity contribution in [2.24, 2.45) is 0 Å². The molecule has 0 saturated carbocycles. The van der Waals surface area contributed by atoms with Gasteiger partial charge in [-0.3, -0.25) is 4.90 Å². The first kappa shape index (κ1) is 16.0. The number of hydrogen-bond acceptors (Lipinski definition) is 3. The lowest BCUT2D eigenvalue weighted by atomic mass is 9.93. The first-order valence-corrected chi connectivity index (χ1v) is 7.16. The Morgan fingerprint density at radius 3 is 1.68 bits per heavy atom. The van der Waals surface area contributed by atoms with Crippen LogP contribution in [0.2, 0.25) is 0 Å². The van der Waals surface area contributed by atoms with Gasteiger partial charge in [0.2, 0.25) is 5.72 Å². The number of carbonyl (C=O) groups is 1. The third-order valence-corrected chi connectivity index (χ3v) is 3.55. The van der Waals surface area contributed by atoms with Gasteiger partial charge in [0, 0.05) is 16.7 Å². The third-order valence-electron chi connectivity index (χ3n) is 3.55. The molecule has 0 spiro atoms. The van der Waals surface area contributed by atoms with E-state index in [2.05, 4.69) is 6.58 Å². The summed E-state index contributed by atoms with van der Waals surface area (Å²) in [7, 11) is 3.79. The molecule has 0 fully saturated rings. The Hall–Kier alpha value is -2.39. The molecule has 22 heavy (non-hydrogen) atoms. The van der Waals surface area contributed by atoms with Crippen molar-refractivity contribution in [3.05, 3.63) is 83.9 Å². The van der Waals surface area contributed by atoms with Crippen LogP contribution in [0.25, 0.3) is 0 Å². The van der Waals surface area contributed by atoms with Gasteiger partial charge in [-0.1, -0.05) is 67.2 Å². The maximum absolute atomic E-state index is 12.3. The molecule has 0 radical (unpaired) electrons. The lowest BCUT2D eigenvalue weighted by molar-refractivity contribution is -0.168. The van der Waals surface area contributed by atoms with E-state index >= 15 is 0 Å². The normalized spacial score (nSPS) is 11.3. The molecule has 3 nitrogen and oxygen atoms in total. The van der Waals surface area contributed by atoms with Crippen LogP contribution in [0.1, 0.15) is 18.1 Å². The SMILES string of the molecule is C=C(C)C(=O)OC(c1ccccc1)(c1ccccc1)N(C)C. The molecule has 2 aromatic carbocycles. The van der Waals surface area contributed by atoms with Gasteiger partial charge in [-0.2, -0.15) is 0 Å². The molecule has 0 aliphatic heterocycles. The zero-order valence-electron chi connectivity index (χ0n) is 13.2. The predicted molar refractivity (Wildman–Crippen MR) is 88.3 cm³/mol. The van der Waals surface area contributed by atoms with Crippen molar-refractivity contribution < 1.29 is 9.53 Å². The summed E-state index contributed by atoms with van der Waals surface area (Å²) in [5, 5.41) is 0. The Bertz CT molecular complexity index is 608. The molecule has 2 rings (SSSR count). The van der Waals surface area contributed by atoms with E-state index in [0.717, 1.165) is 11.1 Å². The van der Waals surface area contributed by atoms with Gasteiger partial charge in [-0.25, -0.2) is 4.79 Å². The standard InChI is InChI=1S/C19H21NO2/c1-15(2)18(21)22-19(20(3)4,16-11-7-5-8-12-16)17-13-9-6-10-14-17/h5-14H,1H2,2-4H3. The van der Waals surface area contributed by atoms with Crippen molar-refractivity contribution in [3.8, 4) is 0 Å². The van der Waals surface area contributed by atoms with E-state index in [4.69, 9.17) is 4.74 Å². The molecule has 0 aliphatic rings. The molecular formula is C19H21NO2. The number of benzene rings is 2. The highest BCUT2D eigenvalue weighted by molar-refractivity contribution is 5.87. The number of rotatable bonds is 5. The summed E-state index contributed by atoms with van der Waals surface area (Å²) in [5.41, 5.74) is 1.16. The fourth-order valence-electron chi connectivity index (χ4n) is 2.44. The Morgan fingerprint density at radius 2 is 1.36 bits per heavy atom. The molecule has 0 unspecified atom stereocenters. The average molecular weight is 295 g/mol. The molecule has 0 N–H and O–H groups in total.